The molecular weight excluding hydrogens is 512 g/mol. The molecule has 1 N–H and O–H groups in total. The first-order chi connectivity index (χ1) is 19.4. The number of Topliss-reactive ketones (excluding diaryl/α,β-unsaturated/α-hetero) is 1. The third-order valence-corrected chi connectivity index (χ3v) is 7.44. The van der Waals surface area contributed by atoms with E-state index in [0.29, 0.717) is 61.2 Å². The van der Waals surface area contributed by atoms with E-state index in [9.17, 15) is 14.7 Å². The van der Waals surface area contributed by atoms with Crippen LogP contribution in [0.15, 0.2) is 42.0 Å². The number of nitrogens with zero attached hydrogens (tertiary/aromatic N) is 2. The predicted octanol–water partition coefficient (Wildman–Crippen LogP) is 4.34. The van der Waals surface area contributed by atoms with Gasteiger partial charge in [-0.05, 0) is 61.2 Å². The molecule has 4 rings (SSSR count). The summed E-state index contributed by atoms with van der Waals surface area (Å²) in [7, 11) is 3.14. The average molecular weight is 553 g/mol. The lowest BCUT2D eigenvalue weighted by atomic mass is 9.94. The number of aryl methyl sites for hydroxylation is 1. The summed E-state index contributed by atoms with van der Waals surface area (Å²) in [5, 5.41) is 11.5. The number of carbonyl (C=O) groups excluding carboxylic acids is 2. The molecule has 40 heavy (non-hydrogen) atoms. The molecule has 2 heterocycles. The summed E-state index contributed by atoms with van der Waals surface area (Å²) in [4.78, 5) is 30.7. The molecule has 2 aromatic carbocycles. The van der Waals surface area contributed by atoms with Gasteiger partial charge in [0.2, 0.25) is 0 Å². The first-order valence-corrected chi connectivity index (χ1v) is 13.9. The highest BCUT2D eigenvalue weighted by molar-refractivity contribution is 6.46. The van der Waals surface area contributed by atoms with Crippen molar-refractivity contribution in [2.75, 3.05) is 60.2 Å². The van der Waals surface area contributed by atoms with Gasteiger partial charge in [-0.2, -0.15) is 0 Å². The Balaban J connectivity index is 1.72. The van der Waals surface area contributed by atoms with Crippen molar-refractivity contribution in [3.8, 4) is 17.2 Å². The number of hydrogen-bond acceptors (Lipinski definition) is 8. The summed E-state index contributed by atoms with van der Waals surface area (Å²) in [5.41, 5.74) is 1.97. The third kappa shape index (κ3) is 6.42. The number of benzene rings is 2. The van der Waals surface area contributed by atoms with Crippen molar-refractivity contribution in [2.45, 2.75) is 39.2 Å². The zero-order valence-electron chi connectivity index (χ0n) is 23.9. The lowest BCUT2D eigenvalue weighted by molar-refractivity contribution is -0.140. The largest absolute Gasteiger partial charge is 0.507 e. The van der Waals surface area contributed by atoms with E-state index in [1.165, 1.54) is 0 Å². The molecule has 0 aromatic heterocycles. The topological polar surface area (TPSA) is 97.8 Å². The van der Waals surface area contributed by atoms with Crippen LogP contribution in [0, 0.1) is 6.92 Å². The molecule has 2 aliphatic rings. The minimum absolute atomic E-state index is 0.0580. The molecule has 2 aromatic rings. The lowest BCUT2D eigenvalue weighted by Gasteiger charge is -2.29. The van der Waals surface area contributed by atoms with Gasteiger partial charge in [0.1, 0.15) is 11.5 Å². The van der Waals surface area contributed by atoms with Crippen LogP contribution >= 0.6 is 0 Å². The summed E-state index contributed by atoms with van der Waals surface area (Å²) in [6.07, 6.45) is 2.60. The van der Waals surface area contributed by atoms with Crippen molar-refractivity contribution in [3.05, 3.63) is 58.7 Å². The van der Waals surface area contributed by atoms with E-state index in [-0.39, 0.29) is 11.3 Å². The number of hydrogen-bond donors (Lipinski definition) is 1. The molecule has 2 aliphatic heterocycles. The zero-order valence-corrected chi connectivity index (χ0v) is 23.9. The number of ether oxygens (including phenoxy) is 4. The number of amides is 1. The molecule has 0 aliphatic carbocycles. The fourth-order valence-electron chi connectivity index (χ4n) is 5.23. The number of likely N-dealkylation sites (tertiary alicyclic amines) is 1. The highest BCUT2D eigenvalue weighted by Crippen LogP contribution is 2.42. The van der Waals surface area contributed by atoms with Gasteiger partial charge >= 0.3 is 0 Å². The number of morpholine rings is 1. The Labute approximate surface area is 236 Å². The van der Waals surface area contributed by atoms with Crippen LogP contribution in [-0.4, -0.2) is 86.8 Å². The molecule has 0 saturated carbocycles. The van der Waals surface area contributed by atoms with E-state index in [1.54, 1.807) is 49.5 Å². The number of methoxy groups -OCH3 is 2. The van der Waals surface area contributed by atoms with Gasteiger partial charge in [0.25, 0.3) is 11.7 Å². The van der Waals surface area contributed by atoms with Crippen LogP contribution in [0.4, 0.5) is 0 Å². The maximum absolute atomic E-state index is 13.5. The van der Waals surface area contributed by atoms with E-state index in [0.717, 1.165) is 38.0 Å². The molecule has 1 amide bonds. The smallest absolute Gasteiger partial charge is 0.295 e. The van der Waals surface area contributed by atoms with Crippen molar-refractivity contribution in [1.82, 2.24) is 9.80 Å². The normalized spacial score (nSPS) is 19.2. The first kappa shape index (κ1) is 29.4. The molecule has 216 valence electrons. The van der Waals surface area contributed by atoms with Gasteiger partial charge in [-0.1, -0.05) is 19.4 Å². The Morgan fingerprint density at radius 2 is 1.70 bits per heavy atom. The average Bonchev–Trinajstić information content (AvgIpc) is 3.22. The highest BCUT2D eigenvalue weighted by atomic mass is 16.5. The maximum Gasteiger partial charge on any atom is 0.295 e. The fourth-order valence-corrected chi connectivity index (χ4v) is 5.23. The van der Waals surface area contributed by atoms with Crippen molar-refractivity contribution in [3.63, 3.8) is 0 Å². The molecule has 9 nitrogen and oxygen atoms in total. The zero-order chi connectivity index (χ0) is 28.6. The van der Waals surface area contributed by atoms with Crippen molar-refractivity contribution < 1.29 is 33.6 Å². The monoisotopic (exact) mass is 552 g/mol. The van der Waals surface area contributed by atoms with Gasteiger partial charge in [-0.3, -0.25) is 14.5 Å². The number of aliphatic hydroxyl groups is 1. The Morgan fingerprint density at radius 1 is 0.975 bits per heavy atom. The maximum atomic E-state index is 13.5. The minimum Gasteiger partial charge on any atom is -0.507 e. The Kier molecular flexibility index (Phi) is 10.1. The molecule has 2 saturated heterocycles. The number of ketones is 1. The minimum atomic E-state index is -0.773. The Morgan fingerprint density at radius 3 is 2.38 bits per heavy atom. The molecular formula is C31H40N2O7. The van der Waals surface area contributed by atoms with Crippen LogP contribution in [-0.2, 0) is 14.3 Å². The Bertz CT molecular complexity index is 1240. The van der Waals surface area contributed by atoms with Crippen LogP contribution in [0.5, 0.6) is 17.2 Å². The quantitative estimate of drug-likeness (QED) is 0.180. The van der Waals surface area contributed by atoms with E-state index < -0.39 is 17.7 Å². The van der Waals surface area contributed by atoms with Gasteiger partial charge < -0.3 is 29.0 Å². The van der Waals surface area contributed by atoms with Crippen molar-refractivity contribution in [2.24, 2.45) is 0 Å². The molecule has 2 fully saturated rings. The highest BCUT2D eigenvalue weighted by Gasteiger charge is 2.46. The number of carbonyl (C=O) groups is 2. The summed E-state index contributed by atoms with van der Waals surface area (Å²) in [5.74, 6) is 0.222. The standard InChI is InChI=1S/C31H40N2O7/c1-5-6-16-40-25-11-8-22(20-26(25)38-4)28-27(29(34)23-9-10-24(37-3)21(2)19-23)30(35)31(36)33(28)13-7-12-32-14-17-39-18-15-32/h8-11,19-20,28,34H,5-7,12-18H2,1-4H3. The summed E-state index contributed by atoms with van der Waals surface area (Å²) < 4.78 is 22.3. The van der Waals surface area contributed by atoms with Crippen molar-refractivity contribution in [1.29, 1.82) is 0 Å². The molecule has 0 spiro atoms. The number of aliphatic hydroxyl groups excluding tert-OH is 1. The lowest BCUT2D eigenvalue weighted by Crippen LogP contribution is -2.39. The van der Waals surface area contributed by atoms with Crippen molar-refractivity contribution >= 4 is 17.4 Å². The predicted molar refractivity (Wildman–Crippen MR) is 152 cm³/mol. The van der Waals surface area contributed by atoms with E-state index in [4.69, 9.17) is 18.9 Å². The van der Waals surface area contributed by atoms with Crippen LogP contribution < -0.4 is 14.2 Å². The number of unbranched alkanes of at least 4 members (excludes halogenated alkanes) is 1. The summed E-state index contributed by atoms with van der Waals surface area (Å²) in [6.45, 7) is 8.73. The van der Waals surface area contributed by atoms with Crippen LogP contribution in [0.2, 0.25) is 0 Å². The molecule has 0 bridgehead atoms. The molecule has 1 unspecified atom stereocenters. The fraction of sp³-hybridized carbons (Fsp3) is 0.484. The van der Waals surface area contributed by atoms with Gasteiger partial charge in [-0.25, -0.2) is 0 Å². The van der Waals surface area contributed by atoms with E-state index >= 15 is 0 Å². The second-order valence-corrected chi connectivity index (χ2v) is 10.1. The molecule has 0 radical (unpaired) electrons. The first-order valence-electron chi connectivity index (χ1n) is 13.9. The SMILES string of the molecule is CCCCOc1ccc(C2C(=C(O)c3ccc(OC)c(C)c3)C(=O)C(=O)N2CCCN2CCOCC2)cc1OC. The van der Waals surface area contributed by atoms with Crippen LogP contribution in [0.3, 0.4) is 0 Å². The second-order valence-electron chi connectivity index (χ2n) is 10.1. The third-order valence-electron chi connectivity index (χ3n) is 7.44. The van der Waals surface area contributed by atoms with Crippen LogP contribution in [0.25, 0.3) is 5.76 Å². The van der Waals surface area contributed by atoms with Gasteiger partial charge in [0, 0.05) is 31.7 Å². The van der Waals surface area contributed by atoms with Gasteiger partial charge in [-0.15, -0.1) is 0 Å². The van der Waals surface area contributed by atoms with E-state index in [1.807, 2.05) is 13.0 Å². The molecule has 1 atom stereocenters. The summed E-state index contributed by atoms with van der Waals surface area (Å²) >= 11 is 0. The van der Waals surface area contributed by atoms with Gasteiger partial charge in [0.05, 0.1) is 45.7 Å². The Hall–Kier alpha value is -3.56. The number of rotatable bonds is 12. The molecule has 9 heteroatoms. The second kappa shape index (κ2) is 13.7. The van der Waals surface area contributed by atoms with Crippen LogP contribution in [0.1, 0.15) is 48.9 Å². The summed E-state index contributed by atoms with van der Waals surface area (Å²) in [6, 6.07) is 9.84. The van der Waals surface area contributed by atoms with E-state index in [2.05, 4.69) is 11.8 Å². The van der Waals surface area contributed by atoms with Gasteiger partial charge in [0.15, 0.2) is 11.5 Å².